The van der Waals surface area contributed by atoms with Crippen LogP contribution in [0.5, 0.6) is 5.75 Å². The first kappa shape index (κ1) is 16.7. The molecule has 0 aliphatic carbocycles. The van der Waals surface area contributed by atoms with Crippen LogP contribution in [0, 0.1) is 0 Å². The first-order valence-corrected chi connectivity index (χ1v) is 6.47. The second-order valence-electron chi connectivity index (χ2n) is 4.23. The molecular weight excluding hydrogens is 292 g/mol. The van der Waals surface area contributed by atoms with Gasteiger partial charge in [-0.1, -0.05) is 18.5 Å². The molecule has 1 rings (SSSR count). The summed E-state index contributed by atoms with van der Waals surface area (Å²) >= 11 is 5.84. The molecule has 112 valence electrons. The molecule has 20 heavy (non-hydrogen) atoms. The number of alkyl halides is 2. The number of halogens is 3. The lowest BCUT2D eigenvalue weighted by Gasteiger charge is -2.21. The zero-order valence-electron chi connectivity index (χ0n) is 11.0. The summed E-state index contributed by atoms with van der Waals surface area (Å²) in [6.45, 7) is -0.484. The number of nitrogens with zero attached hydrogens (tertiary/aromatic N) is 1. The van der Waals surface area contributed by atoms with Crippen LogP contribution >= 0.6 is 11.6 Å². The van der Waals surface area contributed by atoms with Crippen molar-refractivity contribution in [3.63, 3.8) is 0 Å². The van der Waals surface area contributed by atoms with Crippen LogP contribution in [0.4, 0.5) is 8.78 Å². The van der Waals surface area contributed by atoms with Gasteiger partial charge >= 0.3 is 12.6 Å². The Labute approximate surface area is 120 Å². The third-order valence-electron chi connectivity index (χ3n) is 2.53. The number of hydrogen-bond donors (Lipinski definition) is 1. The largest absolute Gasteiger partial charge is 0.480 e. The van der Waals surface area contributed by atoms with Gasteiger partial charge in [0.05, 0.1) is 6.54 Å². The van der Waals surface area contributed by atoms with Gasteiger partial charge in [-0.2, -0.15) is 8.78 Å². The van der Waals surface area contributed by atoms with Crippen LogP contribution in [0.1, 0.15) is 18.9 Å². The first-order chi connectivity index (χ1) is 9.42. The third-order valence-corrected chi connectivity index (χ3v) is 2.77. The van der Waals surface area contributed by atoms with Crippen molar-refractivity contribution in [2.45, 2.75) is 26.5 Å². The quantitative estimate of drug-likeness (QED) is 0.801. The molecule has 0 aromatic heterocycles. The van der Waals surface area contributed by atoms with Gasteiger partial charge in [-0.15, -0.1) is 0 Å². The molecule has 0 aliphatic rings. The SMILES string of the molecule is CCCN(CC(=O)O)Cc1cc(Cl)ccc1OC(F)F. The van der Waals surface area contributed by atoms with Crippen LogP contribution in [0.3, 0.4) is 0 Å². The van der Waals surface area contributed by atoms with Crippen LogP contribution in [0.25, 0.3) is 0 Å². The highest BCUT2D eigenvalue weighted by Crippen LogP contribution is 2.25. The smallest absolute Gasteiger partial charge is 0.387 e. The molecule has 0 atom stereocenters. The van der Waals surface area contributed by atoms with Crippen molar-refractivity contribution in [1.82, 2.24) is 4.90 Å². The fraction of sp³-hybridized carbons (Fsp3) is 0.462. The van der Waals surface area contributed by atoms with Crippen molar-refractivity contribution in [2.24, 2.45) is 0 Å². The molecular formula is C13H16ClF2NO3. The molecule has 0 amide bonds. The van der Waals surface area contributed by atoms with Gasteiger partial charge in [-0.3, -0.25) is 9.69 Å². The molecule has 0 unspecified atom stereocenters. The summed E-state index contributed by atoms with van der Waals surface area (Å²) in [4.78, 5) is 12.4. The van der Waals surface area contributed by atoms with E-state index in [4.69, 9.17) is 16.7 Å². The van der Waals surface area contributed by atoms with Gasteiger partial charge in [-0.25, -0.2) is 0 Å². The summed E-state index contributed by atoms with van der Waals surface area (Å²) in [5.74, 6) is -0.965. The Balaban J connectivity index is 2.91. The number of carboxylic acid groups (broad SMARTS) is 1. The summed E-state index contributed by atoms with van der Waals surface area (Å²) in [6.07, 6.45) is 0.749. The molecule has 0 aliphatic heterocycles. The normalized spacial score (nSPS) is 11.1. The van der Waals surface area contributed by atoms with E-state index in [1.54, 1.807) is 4.90 Å². The summed E-state index contributed by atoms with van der Waals surface area (Å²) in [5.41, 5.74) is 0.438. The van der Waals surface area contributed by atoms with E-state index in [-0.39, 0.29) is 18.8 Å². The van der Waals surface area contributed by atoms with Gasteiger partial charge in [0, 0.05) is 17.1 Å². The standard InChI is InChI=1S/C13H16ClF2NO3/c1-2-5-17(8-12(18)19)7-9-6-10(14)3-4-11(9)20-13(15)16/h3-4,6,13H,2,5,7-8H2,1H3,(H,18,19). The summed E-state index contributed by atoms with van der Waals surface area (Å²) in [5, 5.41) is 9.22. The van der Waals surface area contributed by atoms with Crippen LogP contribution in [0.15, 0.2) is 18.2 Å². The molecule has 0 fully saturated rings. The van der Waals surface area contributed by atoms with Gasteiger partial charge in [0.15, 0.2) is 0 Å². The van der Waals surface area contributed by atoms with Crippen molar-refractivity contribution in [3.8, 4) is 5.75 Å². The Morgan fingerprint density at radius 1 is 1.50 bits per heavy atom. The highest BCUT2D eigenvalue weighted by molar-refractivity contribution is 6.30. The lowest BCUT2D eigenvalue weighted by Crippen LogP contribution is -2.30. The average Bonchev–Trinajstić information content (AvgIpc) is 2.31. The summed E-state index contributed by atoms with van der Waals surface area (Å²) in [7, 11) is 0. The first-order valence-electron chi connectivity index (χ1n) is 6.09. The molecule has 1 N–H and O–H groups in total. The van der Waals surface area contributed by atoms with Crippen LogP contribution in [-0.2, 0) is 11.3 Å². The van der Waals surface area contributed by atoms with E-state index < -0.39 is 12.6 Å². The fourth-order valence-corrected chi connectivity index (χ4v) is 2.04. The maximum atomic E-state index is 12.3. The van der Waals surface area contributed by atoms with E-state index >= 15 is 0 Å². The maximum absolute atomic E-state index is 12.3. The van der Waals surface area contributed by atoms with E-state index in [1.165, 1.54) is 18.2 Å². The van der Waals surface area contributed by atoms with Crippen LogP contribution < -0.4 is 4.74 Å². The lowest BCUT2D eigenvalue weighted by molar-refractivity contribution is -0.138. The minimum Gasteiger partial charge on any atom is -0.480 e. The number of carbonyl (C=O) groups is 1. The Kier molecular flexibility index (Phi) is 6.67. The van der Waals surface area contributed by atoms with E-state index in [0.29, 0.717) is 17.1 Å². The topological polar surface area (TPSA) is 49.8 Å². The monoisotopic (exact) mass is 307 g/mol. The maximum Gasteiger partial charge on any atom is 0.387 e. The number of rotatable bonds is 8. The molecule has 1 aromatic carbocycles. The molecule has 0 bridgehead atoms. The number of benzene rings is 1. The van der Waals surface area contributed by atoms with E-state index in [0.717, 1.165) is 6.42 Å². The minimum absolute atomic E-state index is 0.0101. The Morgan fingerprint density at radius 2 is 2.20 bits per heavy atom. The third kappa shape index (κ3) is 5.71. The highest BCUT2D eigenvalue weighted by atomic mass is 35.5. The van der Waals surface area contributed by atoms with E-state index in [2.05, 4.69) is 4.74 Å². The lowest BCUT2D eigenvalue weighted by atomic mass is 10.2. The molecule has 4 nitrogen and oxygen atoms in total. The average molecular weight is 308 g/mol. The molecule has 1 aromatic rings. The van der Waals surface area contributed by atoms with Crippen molar-refractivity contribution in [2.75, 3.05) is 13.1 Å². The number of hydrogen-bond acceptors (Lipinski definition) is 3. The number of aliphatic carboxylic acids is 1. The van der Waals surface area contributed by atoms with Gasteiger partial charge in [-0.05, 0) is 31.2 Å². The van der Waals surface area contributed by atoms with Crippen LogP contribution in [0.2, 0.25) is 5.02 Å². The van der Waals surface area contributed by atoms with Gasteiger partial charge in [0.25, 0.3) is 0 Å². The van der Waals surface area contributed by atoms with Gasteiger partial charge in [0.2, 0.25) is 0 Å². The van der Waals surface area contributed by atoms with Crippen molar-refractivity contribution < 1.29 is 23.4 Å². The predicted octanol–water partition coefficient (Wildman–Crippen LogP) is 3.24. The Bertz CT molecular complexity index is 457. The summed E-state index contributed by atoms with van der Waals surface area (Å²) in [6, 6.07) is 4.31. The van der Waals surface area contributed by atoms with E-state index in [1.807, 2.05) is 6.92 Å². The number of ether oxygens (including phenoxy) is 1. The highest BCUT2D eigenvalue weighted by Gasteiger charge is 2.15. The predicted molar refractivity (Wildman–Crippen MR) is 71.3 cm³/mol. The molecule has 7 heteroatoms. The molecule has 0 saturated heterocycles. The summed E-state index contributed by atoms with van der Waals surface area (Å²) < 4.78 is 29.1. The fourth-order valence-electron chi connectivity index (χ4n) is 1.84. The molecule has 0 spiro atoms. The van der Waals surface area contributed by atoms with Crippen molar-refractivity contribution in [1.29, 1.82) is 0 Å². The Morgan fingerprint density at radius 3 is 2.75 bits per heavy atom. The molecule has 0 radical (unpaired) electrons. The van der Waals surface area contributed by atoms with Crippen LogP contribution in [-0.4, -0.2) is 35.7 Å². The molecule has 0 saturated carbocycles. The van der Waals surface area contributed by atoms with E-state index in [9.17, 15) is 13.6 Å². The Hall–Kier alpha value is -1.40. The van der Waals surface area contributed by atoms with Crippen molar-refractivity contribution >= 4 is 17.6 Å². The second kappa shape index (κ2) is 8.01. The zero-order valence-corrected chi connectivity index (χ0v) is 11.7. The second-order valence-corrected chi connectivity index (χ2v) is 4.67. The van der Waals surface area contributed by atoms with Crippen molar-refractivity contribution in [3.05, 3.63) is 28.8 Å². The number of carboxylic acids is 1. The molecule has 0 heterocycles. The van der Waals surface area contributed by atoms with Gasteiger partial charge in [0.1, 0.15) is 5.75 Å². The zero-order chi connectivity index (χ0) is 15.1. The minimum atomic E-state index is -2.94. The van der Waals surface area contributed by atoms with Gasteiger partial charge < -0.3 is 9.84 Å².